The van der Waals surface area contributed by atoms with Crippen molar-refractivity contribution in [1.82, 2.24) is 0 Å². The fourth-order valence-electron chi connectivity index (χ4n) is 4.68. The van der Waals surface area contributed by atoms with Crippen LogP contribution in [0.3, 0.4) is 0 Å². The molecular formula is C29H28F4O5. The Morgan fingerprint density at radius 1 is 0.947 bits per heavy atom. The highest BCUT2D eigenvalue weighted by molar-refractivity contribution is 5.77. The maximum absolute atomic E-state index is 15.5. The van der Waals surface area contributed by atoms with Crippen molar-refractivity contribution < 1.29 is 41.3 Å². The monoisotopic (exact) mass is 532 g/mol. The van der Waals surface area contributed by atoms with E-state index < -0.39 is 41.5 Å². The summed E-state index contributed by atoms with van der Waals surface area (Å²) in [6.45, 7) is 2.13. The first-order valence-corrected chi connectivity index (χ1v) is 12.0. The molecule has 0 spiro atoms. The molecule has 202 valence electrons. The first-order chi connectivity index (χ1) is 18.1. The van der Waals surface area contributed by atoms with Crippen LogP contribution in [0.2, 0.25) is 0 Å². The average molecular weight is 533 g/mol. The minimum Gasteiger partial charge on any atom is -0.493 e. The SMILES string of the molecule is COc1c([C@H]2[C@H](C(=O)OCc3ccccc3)O[C@@](C)(C(F)(F)F)[C@H]2C)ccc(OCc2ccccc2)c1F. The number of alkyl halides is 3. The zero-order valence-electron chi connectivity index (χ0n) is 21.1. The highest BCUT2D eigenvalue weighted by Gasteiger charge is 2.66. The van der Waals surface area contributed by atoms with Gasteiger partial charge in [-0.3, -0.25) is 0 Å². The number of ether oxygens (including phenoxy) is 4. The molecule has 9 heteroatoms. The smallest absolute Gasteiger partial charge is 0.417 e. The topological polar surface area (TPSA) is 54.0 Å². The van der Waals surface area contributed by atoms with Gasteiger partial charge < -0.3 is 18.9 Å². The number of rotatable bonds is 8. The predicted molar refractivity (Wildman–Crippen MR) is 131 cm³/mol. The van der Waals surface area contributed by atoms with Crippen molar-refractivity contribution in [2.45, 2.75) is 50.9 Å². The minimum absolute atomic E-state index is 0.0548. The van der Waals surface area contributed by atoms with Crippen molar-refractivity contribution in [1.29, 1.82) is 0 Å². The van der Waals surface area contributed by atoms with Crippen LogP contribution >= 0.6 is 0 Å². The molecule has 0 radical (unpaired) electrons. The number of carbonyl (C=O) groups is 1. The molecule has 1 aliphatic heterocycles. The third-order valence-corrected chi connectivity index (χ3v) is 7.02. The summed E-state index contributed by atoms with van der Waals surface area (Å²) in [7, 11) is 1.20. The maximum atomic E-state index is 15.5. The van der Waals surface area contributed by atoms with Gasteiger partial charge in [-0.25, -0.2) is 4.79 Å². The van der Waals surface area contributed by atoms with Gasteiger partial charge in [-0.05, 0) is 24.1 Å². The summed E-state index contributed by atoms with van der Waals surface area (Å²) in [6, 6.07) is 20.5. The number of esters is 1. The molecule has 1 heterocycles. The summed E-state index contributed by atoms with van der Waals surface area (Å²) < 4.78 is 79.6. The molecule has 4 atom stereocenters. The number of hydrogen-bond acceptors (Lipinski definition) is 5. The maximum Gasteiger partial charge on any atom is 0.417 e. The van der Waals surface area contributed by atoms with Gasteiger partial charge in [0.25, 0.3) is 0 Å². The van der Waals surface area contributed by atoms with Gasteiger partial charge in [-0.2, -0.15) is 17.6 Å². The van der Waals surface area contributed by atoms with Gasteiger partial charge in [0.2, 0.25) is 5.82 Å². The first-order valence-electron chi connectivity index (χ1n) is 12.0. The molecule has 1 saturated heterocycles. The van der Waals surface area contributed by atoms with Crippen LogP contribution in [0.4, 0.5) is 17.6 Å². The Bertz CT molecular complexity index is 1250. The van der Waals surface area contributed by atoms with Crippen LogP contribution < -0.4 is 9.47 Å². The average Bonchev–Trinajstić information content (AvgIpc) is 3.19. The van der Waals surface area contributed by atoms with Crippen molar-refractivity contribution in [3.8, 4) is 11.5 Å². The molecule has 0 saturated carbocycles. The molecule has 3 aromatic rings. The number of methoxy groups -OCH3 is 1. The highest BCUT2D eigenvalue weighted by Crippen LogP contribution is 2.55. The Balaban J connectivity index is 1.66. The quantitative estimate of drug-likeness (QED) is 0.242. The second-order valence-electron chi connectivity index (χ2n) is 9.33. The number of carbonyl (C=O) groups excluding carboxylic acids is 1. The van der Waals surface area contributed by atoms with Crippen molar-refractivity contribution in [3.05, 3.63) is 95.3 Å². The molecule has 0 aliphatic carbocycles. The Morgan fingerprint density at radius 3 is 2.08 bits per heavy atom. The number of hydrogen-bond donors (Lipinski definition) is 0. The van der Waals surface area contributed by atoms with Crippen molar-refractivity contribution in [3.63, 3.8) is 0 Å². The van der Waals surface area contributed by atoms with E-state index in [1.54, 1.807) is 30.3 Å². The summed E-state index contributed by atoms with van der Waals surface area (Å²) in [5, 5.41) is 0. The Morgan fingerprint density at radius 2 is 1.53 bits per heavy atom. The van der Waals surface area contributed by atoms with Crippen LogP contribution in [0.15, 0.2) is 72.8 Å². The van der Waals surface area contributed by atoms with Gasteiger partial charge in [0.1, 0.15) is 13.2 Å². The third-order valence-electron chi connectivity index (χ3n) is 7.02. The fraction of sp³-hybridized carbons (Fsp3) is 0.345. The van der Waals surface area contributed by atoms with E-state index in [4.69, 9.17) is 18.9 Å². The second-order valence-corrected chi connectivity index (χ2v) is 9.33. The number of halogens is 4. The standard InChI is InChI=1S/C29H28F4O5/c1-18-23(21-14-15-22(24(30)25(21)35-3)36-16-19-10-6-4-7-11-19)26(38-28(18,2)29(31,32)33)27(34)37-17-20-12-8-5-9-13-20/h4-15,18,23,26H,16-17H2,1-3H3/t18-,23-,26+,28+/m0/s1. The lowest BCUT2D eigenvalue weighted by Gasteiger charge is -2.32. The summed E-state index contributed by atoms with van der Waals surface area (Å²) in [4.78, 5) is 13.1. The van der Waals surface area contributed by atoms with Crippen molar-refractivity contribution in [2.24, 2.45) is 5.92 Å². The Hall–Kier alpha value is -3.59. The van der Waals surface area contributed by atoms with E-state index >= 15 is 4.39 Å². The van der Waals surface area contributed by atoms with Crippen LogP contribution in [0, 0.1) is 11.7 Å². The van der Waals surface area contributed by atoms with E-state index in [0.717, 1.165) is 12.5 Å². The zero-order chi connectivity index (χ0) is 27.5. The molecule has 0 bridgehead atoms. The molecule has 0 unspecified atom stereocenters. The predicted octanol–water partition coefficient (Wildman–Crippen LogP) is 6.60. The lowest BCUT2D eigenvalue weighted by atomic mass is 9.77. The lowest BCUT2D eigenvalue weighted by molar-refractivity contribution is -0.274. The molecule has 38 heavy (non-hydrogen) atoms. The molecule has 1 aliphatic rings. The van der Waals surface area contributed by atoms with Gasteiger partial charge in [0, 0.05) is 17.4 Å². The Labute approximate surface area is 218 Å². The number of benzene rings is 3. The molecule has 0 aromatic heterocycles. The van der Waals surface area contributed by atoms with E-state index in [-0.39, 0.29) is 30.3 Å². The molecule has 3 aromatic carbocycles. The van der Waals surface area contributed by atoms with Crippen LogP contribution in [0.5, 0.6) is 11.5 Å². The summed E-state index contributed by atoms with van der Waals surface area (Å²) in [5.74, 6) is -4.81. The summed E-state index contributed by atoms with van der Waals surface area (Å²) in [5.41, 5.74) is -1.17. The van der Waals surface area contributed by atoms with Crippen molar-refractivity contribution >= 4 is 5.97 Å². The molecule has 5 nitrogen and oxygen atoms in total. The van der Waals surface area contributed by atoms with E-state index in [2.05, 4.69) is 0 Å². The molecule has 4 rings (SSSR count). The largest absolute Gasteiger partial charge is 0.493 e. The normalized spacial score (nSPS) is 23.2. The van der Waals surface area contributed by atoms with E-state index in [1.807, 2.05) is 30.3 Å². The fourth-order valence-corrected chi connectivity index (χ4v) is 4.68. The Kier molecular flexibility index (Phi) is 7.97. The first kappa shape index (κ1) is 27.4. The second kappa shape index (κ2) is 11.0. The minimum atomic E-state index is -4.80. The van der Waals surface area contributed by atoms with Gasteiger partial charge >= 0.3 is 12.1 Å². The summed E-state index contributed by atoms with van der Waals surface area (Å²) in [6.07, 6.45) is -6.45. The van der Waals surface area contributed by atoms with Gasteiger partial charge in [0.05, 0.1) is 7.11 Å². The van der Waals surface area contributed by atoms with E-state index in [0.29, 0.717) is 5.56 Å². The van der Waals surface area contributed by atoms with Gasteiger partial charge in [-0.1, -0.05) is 73.7 Å². The van der Waals surface area contributed by atoms with Crippen molar-refractivity contribution in [2.75, 3.05) is 7.11 Å². The summed E-state index contributed by atoms with van der Waals surface area (Å²) >= 11 is 0. The van der Waals surface area contributed by atoms with Crippen LogP contribution in [0.1, 0.15) is 36.5 Å². The third kappa shape index (κ3) is 5.34. The molecular weight excluding hydrogens is 504 g/mol. The van der Waals surface area contributed by atoms with Gasteiger partial charge in [-0.15, -0.1) is 0 Å². The zero-order valence-corrected chi connectivity index (χ0v) is 21.1. The van der Waals surface area contributed by atoms with E-state index in [1.165, 1.54) is 26.2 Å². The van der Waals surface area contributed by atoms with E-state index in [9.17, 15) is 18.0 Å². The van der Waals surface area contributed by atoms with Crippen LogP contribution in [-0.2, 0) is 27.5 Å². The molecule has 1 fully saturated rings. The highest BCUT2D eigenvalue weighted by atomic mass is 19.4. The molecule has 0 amide bonds. The van der Waals surface area contributed by atoms with Crippen LogP contribution in [0.25, 0.3) is 0 Å². The molecule has 0 N–H and O–H groups in total. The van der Waals surface area contributed by atoms with Crippen LogP contribution in [-0.4, -0.2) is 31.0 Å². The van der Waals surface area contributed by atoms with Gasteiger partial charge in [0.15, 0.2) is 23.2 Å². The lowest BCUT2D eigenvalue weighted by Crippen LogP contribution is -2.47.